The first-order chi connectivity index (χ1) is 14.0. The van der Waals surface area contributed by atoms with E-state index in [0.717, 1.165) is 51.9 Å². The van der Waals surface area contributed by atoms with Crippen molar-refractivity contribution in [2.75, 3.05) is 68.5 Å². The first-order valence-corrected chi connectivity index (χ1v) is 11.0. The van der Waals surface area contributed by atoms with E-state index in [0.29, 0.717) is 11.8 Å². The molecule has 0 radical (unpaired) electrons. The number of carboxylic acids is 1. The average Bonchev–Trinajstić information content (AvgIpc) is 3.43. The van der Waals surface area contributed by atoms with Gasteiger partial charge in [0.05, 0.1) is 11.8 Å². The van der Waals surface area contributed by atoms with E-state index in [1.54, 1.807) is 9.80 Å². The topological polar surface area (TPSA) is 84.4 Å². The van der Waals surface area contributed by atoms with Crippen molar-refractivity contribution in [3.63, 3.8) is 0 Å². The summed E-state index contributed by atoms with van der Waals surface area (Å²) in [4.78, 5) is 40.6. The molecule has 2 aliphatic heterocycles. The second kappa shape index (κ2) is 14.6. The van der Waals surface area contributed by atoms with Crippen LogP contribution in [0.4, 0.5) is 0 Å². The van der Waals surface area contributed by atoms with Crippen LogP contribution in [0.1, 0.15) is 38.5 Å². The predicted molar refractivity (Wildman–Crippen MR) is 125 cm³/mol. The fourth-order valence-corrected chi connectivity index (χ4v) is 4.18. The molecule has 1 aliphatic carbocycles. The highest BCUT2D eigenvalue weighted by Crippen LogP contribution is 2.25. The number of likely N-dealkylation sites (tertiary alicyclic amines) is 2. The van der Waals surface area contributed by atoms with Crippen LogP contribution in [0, 0.1) is 17.8 Å². The van der Waals surface area contributed by atoms with Crippen molar-refractivity contribution < 1.29 is 19.5 Å². The number of nitrogens with zero attached hydrogens (tertiary/aromatic N) is 4. The molecule has 0 spiro atoms. The molecule has 0 aromatic rings. The molecule has 0 aromatic heterocycles. The Morgan fingerprint density at radius 3 is 1.39 bits per heavy atom. The fraction of sp³-hybridized carbons (Fsp3) is 0.864. The number of carboxylic acid groups (broad SMARTS) is 1. The minimum atomic E-state index is -0.653. The molecule has 0 aromatic carbocycles. The molecular formula is C22H43ClN4O4. The van der Waals surface area contributed by atoms with Crippen molar-refractivity contribution in [3.8, 4) is 0 Å². The van der Waals surface area contributed by atoms with Gasteiger partial charge in [-0.2, -0.15) is 0 Å². The maximum atomic E-state index is 11.4. The Bertz CT molecular complexity index is 568. The Morgan fingerprint density at radius 1 is 0.710 bits per heavy atom. The first kappa shape index (κ1) is 29.6. The van der Waals surface area contributed by atoms with E-state index in [9.17, 15) is 14.4 Å². The van der Waals surface area contributed by atoms with Crippen LogP contribution in [0.3, 0.4) is 0 Å². The van der Waals surface area contributed by atoms with Crippen LogP contribution < -0.4 is 0 Å². The third kappa shape index (κ3) is 10.7. The molecule has 8 nitrogen and oxygen atoms in total. The SMILES string of the molecule is CN(C)C(=O)C1CCCC1.CN1CCC(C(=O)N(C)C)C1.CN1CCC(C(=O)O)C1.Cl. The molecule has 3 aliphatic rings. The van der Waals surface area contributed by atoms with E-state index in [-0.39, 0.29) is 30.2 Å². The maximum absolute atomic E-state index is 11.4. The van der Waals surface area contributed by atoms with Gasteiger partial charge < -0.3 is 24.7 Å². The lowest BCUT2D eigenvalue weighted by atomic mass is 10.1. The second-order valence-corrected chi connectivity index (χ2v) is 9.28. The van der Waals surface area contributed by atoms with Crippen molar-refractivity contribution in [1.82, 2.24) is 19.6 Å². The highest BCUT2D eigenvalue weighted by Gasteiger charge is 2.27. The molecule has 1 saturated carbocycles. The summed E-state index contributed by atoms with van der Waals surface area (Å²) in [7, 11) is 11.3. The van der Waals surface area contributed by atoms with Crippen LogP contribution in [-0.4, -0.2) is 111 Å². The lowest BCUT2D eigenvalue weighted by molar-refractivity contribution is -0.141. The number of amides is 2. The zero-order valence-electron chi connectivity index (χ0n) is 20.2. The zero-order valence-corrected chi connectivity index (χ0v) is 21.0. The van der Waals surface area contributed by atoms with Gasteiger partial charge in [0, 0.05) is 47.2 Å². The molecule has 2 heterocycles. The third-order valence-electron chi connectivity index (χ3n) is 6.07. The van der Waals surface area contributed by atoms with Crippen molar-refractivity contribution in [2.45, 2.75) is 38.5 Å². The molecule has 0 bridgehead atoms. The van der Waals surface area contributed by atoms with E-state index in [1.807, 2.05) is 40.1 Å². The van der Waals surface area contributed by atoms with Crippen LogP contribution in [0.15, 0.2) is 0 Å². The van der Waals surface area contributed by atoms with Crippen LogP contribution >= 0.6 is 12.4 Å². The van der Waals surface area contributed by atoms with Gasteiger partial charge in [0.25, 0.3) is 0 Å². The number of hydrogen-bond donors (Lipinski definition) is 1. The van der Waals surface area contributed by atoms with Gasteiger partial charge in [-0.05, 0) is 52.9 Å². The molecule has 1 N–H and O–H groups in total. The van der Waals surface area contributed by atoms with Gasteiger partial charge in [-0.15, -0.1) is 12.4 Å². The summed E-state index contributed by atoms with van der Waals surface area (Å²) in [6, 6.07) is 0. The molecule has 31 heavy (non-hydrogen) atoms. The Balaban J connectivity index is 0.000000431. The van der Waals surface area contributed by atoms with Gasteiger partial charge in [-0.1, -0.05) is 12.8 Å². The minimum Gasteiger partial charge on any atom is -0.481 e. The molecule has 3 rings (SSSR count). The van der Waals surface area contributed by atoms with Gasteiger partial charge in [-0.3, -0.25) is 14.4 Å². The smallest absolute Gasteiger partial charge is 0.307 e. The van der Waals surface area contributed by atoms with E-state index >= 15 is 0 Å². The van der Waals surface area contributed by atoms with Crippen molar-refractivity contribution in [1.29, 1.82) is 0 Å². The van der Waals surface area contributed by atoms with Crippen molar-refractivity contribution in [3.05, 3.63) is 0 Å². The number of rotatable bonds is 3. The van der Waals surface area contributed by atoms with Gasteiger partial charge in [0.15, 0.2) is 0 Å². The Kier molecular flexibility index (Phi) is 14.0. The largest absolute Gasteiger partial charge is 0.481 e. The monoisotopic (exact) mass is 462 g/mol. The van der Waals surface area contributed by atoms with Gasteiger partial charge in [0.1, 0.15) is 0 Å². The lowest BCUT2D eigenvalue weighted by Crippen LogP contribution is -2.31. The van der Waals surface area contributed by atoms with Gasteiger partial charge in [-0.25, -0.2) is 0 Å². The zero-order chi connectivity index (χ0) is 22.8. The van der Waals surface area contributed by atoms with E-state index < -0.39 is 5.97 Å². The number of halogens is 1. The fourth-order valence-electron chi connectivity index (χ4n) is 4.18. The molecule has 2 amide bonds. The summed E-state index contributed by atoms with van der Waals surface area (Å²) in [6.45, 7) is 3.63. The Labute approximate surface area is 194 Å². The second-order valence-electron chi connectivity index (χ2n) is 9.28. The van der Waals surface area contributed by atoms with Crippen LogP contribution in [0.2, 0.25) is 0 Å². The standard InChI is InChI=1S/C8H16N2O.C8H15NO.C6H11NO2.ClH/c1-9(2)8(11)7-4-5-10(3)6-7;1-9(2)8(10)7-5-3-4-6-7;1-7-3-2-5(4-7)6(8)9;/h7H,4-6H2,1-3H3;7H,3-6H2,1-2H3;5H,2-4H2,1H3,(H,8,9);1H. The predicted octanol–water partition coefficient (Wildman–Crippen LogP) is 1.74. The van der Waals surface area contributed by atoms with Gasteiger partial charge >= 0.3 is 5.97 Å². The summed E-state index contributed by atoms with van der Waals surface area (Å²) >= 11 is 0. The number of carbonyl (C=O) groups excluding carboxylic acids is 2. The molecule has 182 valence electrons. The van der Waals surface area contributed by atoms with E-state index in [1.165, 1.54) is 12.8 Å². The highest BCUT2D eigenvalue weighted by atomic mass is 35.5. The molecule has 2 saturated heterocycles. The summed E-state index contributed by atoms with van der Waals surface area (Å²) in [6.07, 6.45) is 6.53. The molecular weight excluding hydrogens is 420 g/mol. The summed E-state index contributed by atoms with van der Waals surface area (Å²) in [5, 5.41) is 8.50. The van der Waals surface area contributed by atoms with Crippen LogP contribution in [0.5, 0.6) is 0 Å². The van der Waals surface area contributed by atoms with Gasteiger partial charge in [0.2, 0.25) is 11.8 Å². The number of aliphatic carboxylic acids is 1. The highest BCUT2D eigenvalue weighted by molar-refractivity contribution is 5.85. The summed E-state index contributed by atoms with van der Waals surface area (Å²) in [5.74, 6) is 0.409. The normalized spacial score (nSPS) is 23.7. The van der Waals surface area contributed by atoms with Crippen molar-refractivity contribution in [2.24, 2.45) is 17.8 Å². The quantitative estimate of drug-likeness (QED) is 0.687. The molecule has 2 atom stereocenters. The van der Waals surface area contributed by atoms with E-state index in [4.69, 9.17) is 5.11 Å². The molecule has 2 unspecified atom stereocenters. The van der Waals surface area contributed by atoms with Crippen LogP contribution in [-0.2, 0) is 14.4 Å². The number of hydrogen-bond acceptors (Lipinski definition) is 5. The maximum Gasteiger partial charge on any atom is 0.307 e. The number of carbonyl (C=O) groups is 3. The Hall–Kier alpha value is -1.38. The van der Waals surface area contributed by atoms with Crippen molar-refractivity contribution >= 4 is 30.2 Å². The molecule has 9 heteroatoms. The van der Waals surface area contributed by atoms with E-state index in [2.05, 4.69) is 11.9 Å². The Morgan fingerprint density at radius 2 is 1.10 bits per heavy atom. The summed E-state index contributed by atoms with van der Waals surface area (Å²) in [5.41, 5.74) is 0. The first-order valence-electron chi connectivity index (χ1n) is 11.0. The molecule has 3 fully saturated rings. The summed E-state index contributed by atoms with van der Waals surface area (Å²) < 4.78 is 0. The minimum absolute atomic E-state index is 0. The van der Waals surface area contributed by atoms with Crippen LogP contribution in [0.25, 0.3) is 0 Å². The lowest BCUT2D eigenvalue weighted by Gasteiger charge is -2.15. The third-order valence-corrected chi connectivity index (χ3v) is 6.07. The average molecular weight is 463 g/mol.